The van der Waals surface area contributed by atoms with Gasteiger partial charge in [0.15, 0.2) is 11.5 Å². The molecular formula is C23H31N3O3. The van der Waals surface area contributed by atoms with Crippen molar-refractivity contribution in [3.05, 3.63) is 23.8 Å². The van der Waals surface area contributed by atoms with Crippen molar-refractivity contribution < 1.29 is 14.3 Å². The number of hydrogen-bond donors (Lipinski definition) is 0. The quantitative estimate of drug-likeness (QED) is 0.780. The topological polar surface area (TPSA) is 45.3 Å². The van der Waals surface area contributed by atoms with E-state index in [1.54, 1.807) is 0 Å². The van der Waals surface area contributed by atoms with Gasteiger partial charge in [-0.15, -0.1) is 0 Å². The van der Waals surface area contributed by atoms with E-state index in [1.165, 1.54) is 44.3 Å². The molecule has 1 aromatic rings. The number of fused-ring (bicyclic) bond motifs is 3. The maximum Gasteiger partial charge on any atom is 0.231 e. The molecule has 6 heterocycles. The van der Waals surface area contributed by atoms with E-state index in [-0.39, 0.29) is 0 Å². The predicted molar refractivity (Wildman–Crippen MR) is 109 cm³/mol. The molecule has 1 amide bonds. The Balaban J connectivity index is 1.26. The Labute approximate surface area is 172 Å². The smallest absolute Gasteiger partial charge is 0.231 e. The molecule has 5 saturated heterocycles. The summed E-state index contributed by atoms with van der Waals surface area (Å²) in [5.74, 6) is 3.10. The second kappa shape index (κ2) is 7.17. The molecule has 3 atom stereocenters. The summed E-state index contributed by atoms with van der Waals surface area (Å²) in [4.78, 5) is 20.7. The van der Waals surface area contributed by atoms with Crippen LogP contribution in [0.1, 0.15) is 43.6 Å². The van der Waals surface area contributed by atoms with Crippen LogP contribution in [-0.2, 0) is 4.79 Å². The number of amides is 1. The zero-order chi connectivity index (χ0) is 19.4. The van der Waals surface area contributed by atoms with Gasteiger partial charge >= 0.3 is 0 Å². The third-order valence-electron chi connectivity index (χ3n) is 7.98. The van der Waals surface area contributed by atoms with Gasteiger partial charge in [0.2, 0.25) is 12.7 Å². The fraction of sp³-hybridized carbons (Fsp3) is 0.696. The van der Waals surface area contributed by atoms with Gasteiger partial charge in [-0.25, -0.2) is 0 Å². The van der Waals surface area contributed by atoms with Gasteiger partial charge in [-0.2, -0.15) is 0 Å². The van der Waals surface area contributed by atoms with Crippen LogP contribution in [0.25, 0.3) is 0 Å². The third-order valence-corrected chi connectivity index (χ3v) is 7.98. The van der Waals surface area contributed by atoms with Gasteiger partial charge in [-0.1, -0.05) is 6.07 Å². The average Bonchev–Trinajstić information content (AvgIpc) is 3.52. The Hall–Kier alpha value is -1.79. The van der Waals surface area contributed by atoms with Crippen molar-refractivity contribution in [2.45, 2.75) is 50.1 Å². The van der Waals surface area contributed by atoms with E-state index in [0.717, 1.165) is 37.7 Å². The first-order chi connectivity index (χ1) is 14.3. The van der Waals surface area contributed by atoms with Crippen molar-refractivity contribution in [3.8, 4) is 11.5 Å². The summed E-state index contributed by atoms with van der Waals surface area (Å²) in [6, 6.07) is 7.24. The number of carbonyl (C=O) groups is 1. The number of piperidine rings is 3. The van der Waals surface area contributed by atoms with Gasteiger partial charge < -0.3 is 19.3 Å². The zero-order valence-electron chi connectivity index (χ0n) is 17.1. The minimum absolute atomic E-state index is 0.310. The van der Waals surface area contributed by atoms with E-state index in [1.807, 2.05) is 6.07 Å². The minimum atomic E-state index is 0.310. The van der Waals surface area contributed by atoms with Crippen LogP contribution in [-0.4, -0.2) is 78.8 Å². The molecule has 29 heavy (non-hydrogen) atoms. The highest BCUT2D eigenvalue weighted by molar-refractivity contribution is 5.77. The molecule has 7 rings (SSSR count). The molecule has 0 saturated carbocycles. The van der Waals surface area contributed by atoms with Crippen molar-refractivity contribution in [2.24, 2.45) is 5.92 Å². The molecule has 0 aromatic heterocycles. The molecule has 0 aliphatic carbocycles. The highest BCUT2D eigenvalue weighted by Gasteiger charge is 2.54. The molecule has 0 radical (unpaired) electrons. The van der Waals surface area contributed by atoms with E-state index in [9.17, 15) is 4.79 Å². The van der Waals surface area contributed by atoms with Gasteiger partial charge in [0.05, 0.1) is 6.04 Å². The average molecular weight is 398 g/mol. The van der Waals surface area contributed by atoms with Crippen LogP contribution in [0.3, 0.4) is 0 Å². The molecule has 6 heteroatoms. The molecule has 5 fully saturated rings. The van der Waals surface area contributed by atoms with Crippen LogP contribution in [0.15, 0.2) is 18.2 Å². The lowest BCUT2D eigenvalue weighted by atomic mass is 9.75. The van der Waals surface area contributed by atoms with Gasteiger partial charge in [0, 0.05) is 31.5 Å². The molecule has 6 aliphatic heterocycles. The zero-order valence-corrected chi connectivity index (χ0v) is 17.1. The standard InChI is InChI=1S/C23H31N3O3/c27-21(7-10-24-8-1-2-9-24)26-14-18(17-3-4-19-20(13-17)29-15-28-19)23-22(26)16-5-11-25(23)12-6-16/h3-4,13,16,18,22-23H,1-2,5-12,14-15H2/t18-,22+,23+/m0/s1. The van der Waals surface area contributed by atoms with Crippen molar-refractivity contribution in [2.75, 3.05) is 46.1 Å². The van der Waals surface area contributed by atoms with E-state index in [2.05, 4.69) is 26.8 Å². The molecule has 156 valence electrons. The van der Waals surface area contributed by atoms with E-state index < -0.39 is 0 Å². The van der Waals surface area contributed by atoms with Gasteiger partial charge in [-0.05, 0) is 75.5 Å². The van der Waals surface area contributed by atoms with Crippen molar-refractivity contribution in [3.63, 3.8) is 0 Å². The number of hydrogen-bond acceptors (Lipinski definition) is 5. The van der Waals surface area contributed by atoms with Crippen LogP contribution < -0.4 is 9.47 Å². The van der Waals surface area contributed by atoms with Crippen LogP contribution in [0, 0.1) is 5.92 Å². The second-order valence-corrected chi connectivity index (χ2v) is 9.42. The SMILES string of the molecule is O=C(CCN1CCCC1)N1C[C@@H](c2ccc3c(c2)OCO3)[C@@H]2[C@H]1C1CCN2CC1. The Bertz CT molecular complexity index is 786. The van der Waals surface area contributed by atoms with Gasteiger partial charge in [0.25, 0.3) is 0 Å². The first-order valence-electron chi connectivity index (χ1n) is 11.4. The lowest BCUT2D eigenvalue weighted by Crippen LogP contribution is -2.60. The molecule has 0 N–H and O–H groups in total. The summed E-state index contributed by atoms with van der Waals surface area (Å²) in [5.41, 5.74) is 1.30. The molecular weight excluding hydrogens is 366 g/mol. The fourth-order valence-corrected chi connectivity index (χ4v) is 6.54. The summed E-state index contributed by atoms with van der Waals surface area (Å²) < 4.78 is 11.2. The monoisotopic (exact) mass is 397 g/mol. The largest absolute Gasteiger partial charge is 0.454 e. The predicted octanol–water partition coefficient (Wildman–Crippen LogP) is 2.29. The highest BCUT2D eigenvalue weighted by atomic mass is 16.7. The van der Waals surface area contributed by atoms with Gasteiger partial charge in [0.1, 0.15) is 0 Å². The van der Waals surface area contributed by atoms with Crippen LogP contribution in [0.4, 0.5) is 0 Å². The molecule has 0 unspecified atom stereocenters. The lowest BCUT2D eigenvalue weighted by Gasteiger charge is -2.51. The van der Waals surface area contributed by atoms with Crippen LogP contribution in [0.2, 0.25) is 0 Å². The number of likely N-dealkylation sites (tertiary alicyclic amines) is 2. The number of ether oxygens (including phenoxy) is 2. The normalized spacial score (nSPS) is 35.3. The first-order valence-corrected chi connectivity index (χ1v) is 11.4. The number of carbonyl (C=O) groups excluding carboxylic acids is 1. The minimum Gasteiger partial charge on any atom is -0.454 e. The van der Waals surface area contributed by atoms with Crippen LogP contribution in [0.5, 0.6) is 11.5 Å². The Kier molecular flexibility index (Phi) is 4.45. The van der Waals surface area contributed by atoms with Crippen molar-refractivity contribution >= 4 is 5.91 Å². The van der Waals surface area contributed by atoms with E-state index in [4.69, 9.17) is 9.47 Å². The summed E-state index contributed by atoms with van der Waals surface area (Å²) in [7, 11) is 0. The van der Waals surface area contributed by atoms with Crippen molar-refractivity contribution in [1.29, 1.82) is 0 Å². The molecule has 2 bridgehead atoms. The number of rotatable bonds is 4. The maximum atomic E-state index is 13.3. The molecule has 0 spiro atoms. The summed E-state index contributed by atoms with van der Waals surface area (Å²) in [6.45, 7) is 6.78. The third kappa shape index (κ3) is 3.03. The molecule has 6 nitrogen and oxygen atoms in total. The van der Waals surface area contributed by atoms with E-state index in [0.29, 0.717) is 43.0 Å². The maximum absolute atomic E-state index is 13.3. The summed E-state index contributed by atoms with van der Waals surface area (Å²) >= 11 is 0. The Morgan fingerprint density at radius 2 is 1.79 bits per heavy atom. The van der Waals surface area contributed by atoms with Crippen molar-refractivity contribution in [1.82, 2.24) is 14.7 Å². The lowest BCUT2D eigenvalue weighted by molar-refractivity contribution is -0.136. The first kappa shape index (κ1) is 18.0. The summed E-state index contributed by atoms with van der Waals surface area (Å²) in [6.07, 6.45) is 5.72. The Morgan fingerprint density at radius 3 is 2.62 bits per heavy atom. The fourth-order valence-electron chi connectivity index (χ4n) is 6.54. The van der Waals surface area contributed by atoms with Crippen LogP contribution >= 0.6 is 0 Å². The number of nitrogens with zero attached hydrogens (tertiary/aromatic N) is 3. The highest BCUT2D eigenvalue weighted by Crippen LogP contribution is 2.48. The molecule has 6 aliphatic rings. The second-order valence-electron chi connectivity index (χ2n) is 9.42. The Morgan fingerprint density at radius 1 is 1.00 bits per heavy atom. The summed E-state index contributed by atoms with van der Waals surface area (Å²) in [5, 5.41) is 0. The van der Waals surface area contributed by atoms with E-state index >= 15 is 0 Å². The van der Waals surface area contributed by atoms with Gasteiger partial charge in [-0.3, -0.25) is 9.69 Å². The number of benzene rings is 1. The molecule has 1 aromatic carbocycles.